The second kappa shape index (κ2) is 5.26. The molecule has 0 aromatic heterocycles. The fourth-order valence-electron chi connectivity index (χ4n) is 3.69. The van der Waals surface area contributed by atoms with Gasteiger partial charge in [0.05, 0.1) is 6.10 Å². The number of aliphatic hydroxyl groups excluding tert-OH is 1. The summed E-state index contributed by atoms with van der Waals surface area (Å²) in [6.45, 7) is 3.44. The van der Waals surface area contributed by atoms with Crippen molar-refractivity contribution >= 4 is 0 Å². The molecule has 2 heteroatoms. The Balaban J connectivity index is 1.77. The number of aliphatic hydroxyl groups is 1. The highest BCUT2D eigenvalue weighted by Gasteiger charge is 2.35. The van der Waals surface area contributed by atoms with Crippen molar-refractivity contribution in [3.63, 3.8) is 0 Å². The van der Waals surface area contributed by atoms with Crippen molar-refractivity contribution in [1.82, 2.24) is 4.90 Å². The molecule has 19 heavy (non-hydrogen) atoms. The molecule has 104 valence electrons. The van der Waals surface area contributed by atoms with Gasteiger partial charge in [0.15, 0.2) is 0 Å². The summed E-state index contributed by atoms with van der Waals surface area (Å²) >= 11 is 0. The summed E-state index contributed by atoms with van der Waals surface area (Å²) in [5.41, 5.74) is 2.48. The van der Waals surface area contributed by atoms with Gasteiger partial charge < -0.3 is 10.0 Å². The minimum absolute atomic E-state index is 0.283. The van der Waals surface area contributed by atoms with E-state index >= 15 is 0 Å². The first-order chi connectivity index (χ1) is 9.16. The van der Waals surface area contributed by atoms with Gasteiger partial charge in [0.1, 0.15) is 0 Å². The summed E-state index contributed by atoms with van der Waals surface area (Å²) in [4.78, 5) is 2.40. The number of hydrogen-bond acceptors (Lipinski definition) is 2. The highest BCUT2D eigenvalue weighted by Crippen LogP contribution is 2.40. The van der Waals surface area contributed by atoms with E-state index in [0.29, 0.717) is 5.92 Å². The van der Waals surface area contributed by atoms with Crippen LogP contribution in [0.5, 0.6) is 0 Å². The molecule has 0 bridgehead atoms. The lowest BCUT2D eigenvalue weighted by Crippen LogP contribution is -2.43. The van der Waals surface area contributed by atoms with Crippen LogP contribution in [0.25, 0.3) is 0 Å². The van der Waals surface area contributed by atoms with Crippen molar-refractivity contribution in [3.8, 4) is 0 Å². The molecule has 0 saturated heterocycles. The number of hydrogen-bond donors (Lipinski definition) is 1. The van der Waals surface area contributed by atoms with Crippen LogP contribution in [0.4, 0.5) is 0 Å². The Morgan fingerprint density at radius 2 is 1.89 bits per heavy atom. The Hall–Kier alpha value is -0.860. The van der Waals surface area contributed by atoms with E-state index in [1.54, 1.807) is 0 Å². The molecule has 1 aromatic carbocycles. The SMILES string of the molecule is CC1CC(N(C)CC2CCC2)C(O)c2ccccc21. The first-order valence-electron chi connectivity index (χ1n) is 7.64. The molecule has 0 aliphatic heterocycles. The van der Waals surface area contributed by atoms with Crippen LogP contribution in [0.15, 0.2) is 24.3 Å². The topological polar surface area (TPSA) is 23.5 Å². The average molecular weight is 259 g/mol. The highest BCUT2D eigenvalue weighted by atomic mass is 16.3. The zero-order valence-electron chi connectivity index (χ0n) is 12.0. The molecule has 2 nitrogen and oxygen atoms in total. The van der Waals surface area contributed by atoms with E-state index in [-0.39, 0.29) is 12.1 Å². The molecule has 1 saturated carbocycles. The van der Waals surface area contributed by atoms with E-state index in [0.717, 1.165) is 24.4 Å². The van der Waals surface area contributed by atoms with E-state index < -0.39 is 0 Å². The van der Waals surface area contributed by atoms with Crippen molar-refractivity contribution in [1.29, 1.82) is 0 Å². The summed E-state index contributed by atoms with van der Waals surface area (Å²) in [5, 5.41) is 10.7. The Labute approximate surface area is 116 Å². The fourth-order valence-corrected chi connectivity index (χ4v) is 3.69. The number of fused-ring (bicyclic) bond motifs is 1. The second-order valence-electron chi connectivity index (χ2n) is 6.51. The van der Waals surface area contributed by atoms with Crippen LogP contribution in [-0.4, -0.2) is 29.6 Å². The summed E-state index contributed by atoms with van der Waals surface area (Å²) in [5.74, 6) is 1.41. The number of likely N-dealkylation sites (N-methyl/N-ethyl adjacent to an activating group) is 1. The molecule has 1 N–H and O–H groups in total. The number of rotatable bonds is 3. The van der Waals surface area contributed by atoms with Crippen molar-refractivity contribution < 1.29 is 5.11 Å². The van der Waals surface area contributed by atoms with Crippen molar-refractivity contribution in [3.05, 3.63) is 35.4 Å². The third kappa shape index (κ3) is 2.44. The lowest BCUT2D eigenvalue weighted by molar-refractivity contribution is 0.0304. The molecular formula is C17H25NO. The number of benzene rings is 1. The van der Waals surface area contributed by atoms with Crippen molar-refractivity contribution in [2.24, 2.45) is 5.92 Å². The molecule has 3 rings (SSSR count). The van der Waals surface area contributed by atoms with Gasteiger partial charge in [-0.1, -0.05) is 37.6 Å². The monoisotopic (exact) mass is 259 g/mol. The molecule has 3 unspecified atom stereocenters. The Bertz CT molecular complexity index is 441. The molecule has 1 aromatic rings. The Morgan fingerprint density at radius 3 is 2.53 bits per heavy atom. The third-order valence-corrected chi connectivity index (χ3v) is 5.14. The van der Waals surface area contributed by atoms with Crippen LogP contribution in [0.3, 0.4) is 0 Å². The fraction of sp³-hybridized carbons (Fsp3) is 0.647. The van der Waals surface area contributed by atoms with Crippen LogP contribution in [0.1, 0.15) is 55.8 Å². The molecule has 2 aliphatic carbocycles. The van der Waals surface area contributed by atoms with Gasteiger partial charge in [-0.2, -0.15) is 0 Å². The van der Waals surface area contributed by atoms with Gasteiger partial charge in [-0.05, 0) is 49.3 Å². The zero-order chi connectivity index (χ0) is 13.4. The molecule has 0 radical (unpaired) electrons. The third-order valence-electron chi connectivity index (χ3n) is 5.14. The summed E-state index contributed by atoms with van der Waals surface area (Å²) < 4.78 is 0. The van der Waals surface area contributed by atoms with E-state index in [4.69, 9.17) is 0 Å². The highest BCUT2D eigenvalue weighted by molar-refractivity contribution is 5.35. The maximum Gasteiger partial charge on any atom is 0.0948 e. The molecule has 0 amide bonds. The van der Waals surface area contributed by atoms with Gasteiger partial charge >= 0.3 is 0 Å². The van der Waals surface area contributed by atoms with Crippen LogP contribution >= 0.6 is 0 Å². The summed E-state index contributed by atoms with van der Waals surface area (Å²) in [6.07, 6.45) is 4.89. The van der Waals surface area contributed by atoms with Crippen LogP contribution in [-0.2, 0) is 0 Å². The number of nitrogens with zero attached hydrogens (tertiary/aromatic N) is 1. The maximum absolute atomic E-state index is 10.7. The van der Waals surface area contributed by atoms with Gasteiger partial charge in [-0.3, -0.25) is 0 Å². The van der Waals surface area contributed by atoms with Crippen LogP contribution in [0.2, 0.25) is 0 Å². The minimum Gasteiger partial charge on any atom is -0.387 e. The standard InChI is InChI=1S/C17H25NO/c1-12-10-16(18(2)11-13-6-5-7-13)17(19)15-9-4-3-8-14(12)15/h3-4,8-9,12-13,16-17,19H,5-7,10-11H2,1-2H3. The van der Waals surface area contributed by atoms with Gasteiger partial charge in [-0.15, -0.1) is 0 Å². The van der Waals surface area contributed by atoms with E-state index in [1.807, 2.05) is 6.07 Å². The molecular weight excluding hydrogens is 234 g/mol. The van der Waals surface area contributed by atoms with Crippen LogP contribution < -0.4 is 0 Å². The largest absolute Gasteiger partial charge is 0.387 e. The van der Waals surface area contributed by atoms with Crippen molar-refractivity contribution in [2.45, 2.75) is 50.7 Å². The van der Waals surface area contributed by atoms with Gasteiger partial charge in [0.25, 0.3) is 0 Å². The van der Waals surface area contributed by atoms with E-state index in [1.165, 1.54) is 24.8 Å². The Morgan fingerprint density at radius 1 is 1.21 bits per heavy atom. The molecule has 1 fully saturated rings. The maximum atomic E-state index is 10.7. The van der Waals surface area contributed by atoms with E-state index in [2.05, 4.69) is 37.1 Å². The second-order valence-corrected chi connectivity index (χ2v) is 6.51. The lowest BCUT2D eigenvalue weighted by atomic mass is 9.78. The first-order valence-corrected chi connectivity index (χ1v) is 7.64. The van der Waals surface area contributed by atoms with Gasteiger partial charge in [0, 0.05) is 12.6 Å². The van der Waals surface area contributed by atoms with Gasteiger partial charge in [0.2, 0.25) is 0 Å². The molecule has 3 atom stereocenters. The lowest BCUT2D eigenvalue weighted by Gasteiger charge is -2.41. The van der Waals surface area contributed by atoms with Crippen molar-refractivity contribution in [2.75, 3.05) is 13.6 Å². The minimum atomic E-state index is -0.322. The normalized spacial score (nSPS) is 31.1. The Kier molecular flexibility index (Phi) is 3.64. The average Bonchev–Trinajstić information content (AvgIpc) is 2.38. The molecule has 0 heterocycles. The predicted octanol–water partition coefficient (Wildman–Crippen LogP) is 3.33. The van der Waals surface area contributed by atoms with E-state index in [9.17, 15) is 5.11 Å². The first kappa shape index (κ1) is 13.1. The predicted molar refractivity (Wildman–Crippen MR) is 78.2 cm³/mol. The quantitative estimate of drug-likeness (QED) is 0.900. The molecule has 2 aliphatic rings. The smallest absolute Gasteiger partial charge is 0.0948 e. The summed E-state index contributed by atoms with van der Waals surface area (Å²) in [6, 6.07) is 8.68. The van der Waals surface area contributed by atoms with Crippen LogP contribution in [0, 0.1) is 5.92 Å². The molecule has 0 spiro atoms. The zero-order valence-corrected chi connectivity index (χ0v) is 12.0. The van der Waals surface area contributed by atoms with Gasteiger partial charge in [-0.25, -0.2) is 0 Å². The summed E-state index contributed by atoms with van der Waals surface area (Å²) in [7, 11) is 2.19.